The molecule has 1 aromatic carbocycles. The standard InChI is InChI=1S/C14H10FN3O4/c1-17-5-11-12(14(21)22-7-19)16-6-18(11)10-3-2-8(15)4-9(10)13(17)20/h2-4,6-7H,5H2,1H3. The molecule has 0 spiro atoms. The lowest BCUT2D eigenvalue weighted by Gasteiger charge is -2.14. The minimum atomic E-state index is -0.907. The molecule has 112 valence electrons. The van der Waals surface area contributed by atoms with Gasteiger partial charge in [-0.3, -0.25) is 14.2 Å². The lowest BCUT2D eigenvalue weighted by Crippen LogP contribution is -2.26. The molecule has 0 atom stereocenters. The van der Waals surface area contributed by atoms with Crippen LogP contribution in [-0.2, 0) is 16.1 Å². The number of hydrogen-bond acceptors (Lipinski definition) is 5. The molecule has 1 aliphatic heterocycles. The molecule has 0 N–H and O–H groups in total. The van der Waals surface area contributed by atoms with Crippen LogP contribution < -0.4 is 0 Å². The normalized spacial score (nSPS) is 13.2. The highest BCUT2D eigenvalue weighted by atomic mass is 19.1. The van der Waals surface area contributed by atoms with E-state index >= 15 is 0 Å². The van der Waals surface area contributed by atoms with Gasteiger partial charge in [0.25, 0.3) is 5.91 Å². The molecule has 8 heteroatoms. The number of esters is 1. The lowest BCUT2D eigenvalue weighted by atomic mass is 10.1. The number of imidazole rings is 1. The minimum absolute atomic E-state index is 0.0168. The van der Waals surface area contributed by atoms with Crippen molar-refractivity contribution in [3.05, 3.63) is 47.3 Å². The van der Waals surface area contributed by atoms with Crippen LogP contribution in [-0.4, -0.2) is 39.8 Å². The molecule has 0 aliphatic carbocycles. The highest BCUT2D eigenvalue weighted by molar-refractivity contribution is 5.99. The van der Waals surface area contributed by atoms with Gasteiger partial charge in [0.2, 0.25) is 0 Å². The van der Waals surface area contributed by atoms with E-state index in [0.29, 0.717) is 11.4 Å². The van der Waals surface area contributed by atoms with Crippen LogP contribution in [0.25, 0.3) is 5.69 Å². The Kier molecular flexibility index (Phi) is 3.21. The number of aromatic nitrogens is 2. The van der Waals surface area contributed by atoms with Gasteiger partial charge in [0.05, 0.1) is 23.5 Å². The van der Waals surface area contributed by atoms with Crippen molar-refractivity contribution in [3.8, 4) is 5.69 Å². The predicted octanol–water partition coefficient (Wildman–Crippen LogP) is 0.910. The van der Waals surface area contributed by atoms with Gasteiger partial charge in [-0.1, -0.05) is 0 Å². The summed E-state index contributed by atoms with van der Waals surface area (Å²) in [6.07, 6.45) is 1.33. The zero-order valence-electron chi connectivity index (χ0n) is 11.4. The number of rotatable bonds is 2. The first-order chi connectivity index (χ1) is 10.5. The number of amides is 1. The average molecular weight is 303 g/mol. The van der Waals surface area contributed by atoms with E-state index in [0.717, 1.165) is 6.07 Å². The third-order valence-electron chi connectivity index (χ3n) is 3.40. The molecule has 0 saturated carbocycles. The first-order valence-corrected chi connectivity index (χ1v) is 6.29. The second-order valence-corrected chi connectivity index (χ2v) is 4.73. The molecule has 1 amide bonds. The van der Waals surface area contributed by atoms with E-state index in [-0.39, 0.29) is 30.2 Å². The number of fused-ring (bicyclic) bond motifs is 3. The number of benzene rings is 1. The molecule has 0 bridgehead atoms. The van der Waals surface area contributed by atoms with Crippen molar-refractivity contribution in [2.45, 2.75) is 6.54 Å². The van der Waals surface area contributed by atoms with Gasteiger partial charge in [-0.2, -0.15) is 0 Å². The number of ether oxygens (including phenoxy) is 1. The van der Waals surface area contributed by atoms with E-state index < -0.39 is 11.8 Å². The van der Waals surface area contributed by atoms with E-state index in [1.165, 1.54) is 35.0 Å². The van der Waals surface area contributed by atoms with Crippen molar-refractivity contribution in [2.24, 2.45) is 0 Å². The fourth-order valence-corrected chi connectivity index (χ4v) is 2.39. The molecule has 0 radical (unpaired) electrons. The summed E-state index contributed by atoms with van der Waals surface area (Å²) in [5, 5.41) is 0. The third kappa shape index (κ3) is 2.05. The third-order valence-corrected chi connectivity index (χ3v) is 3.40. The largest absolute Gasteiger partial charge is 0.391 e. The molecule has 7 nitrogen and oxygen atoms in total. The van der Waals surface area contributed by atoms with Crippen molar-refractivity contribution < 1.29 is 23.5 Å². The Balaban J connectivity index is 2.22. The molecule has 1 aromatic heterocycles. The van der Waals surface area contributed by atoms with Gasteiger partial charge in [-0.15, -0.1) is 0 Å². The van der Waals surface area contributed by atoms with Gasteiger partial charge in [-0.25, -0.2) is 14.2 Å². The molecular formula is C14H10FN3O4. The summed E-state index contributed by atoms with van der Waals surface area (Å²) >= 11 is 0. The Morgan fingerprint density at radius 1 is 1.45 bits per heavy atom. The fourth-order valence-electron chi connectivity index (χ4n) is 2.39. The van der Waals surface area contributed by atoms with Crippen LogP contribution >= 0.6 is 0 Å². The molecule has 1 aliphatic rings. The summed E-state index contributed by atoms with van der Waals surface area (Å²) in [6.45, 7) is 0.0847. The van der Waals surface area contributed by atoms with Crippen LogP contribution in [0.4, 0.5) is 4.39 Å². The van der Waals surface area contributed by atoms with Crippen LogP contribution in [0.5, 0.6) is 0 Å². The summed E-state index contributed by atoms with van der Waals surface area (Å²) in [7, 11) is 1.52. The smallest absolute Gasteiger partial charge is 0.366 e. The predicted molar refractivity (Wildman–Crippen MR) is 70.8 cm³/mol. The number of hydrogen-bond donors (Lipinski definition) is 0. The molecule has 0 unspecified atom stereocenters. The highest BCUT2D eigenvalue weighted by Crippen LogP contribution is 2.26. The van der Waals surface area contributed by atoms with Gasteiger partial charge in [0, 0.05) is 7.05 Å². The van der Waals surface area contributed by atoms with Gasteiger partial charge >= 0.3 is 12.4 Å². The second kappa shape index (κ2) is 5.06. The first kappa shape index (κ1) is 13.9. The number of carbonyl (C=O) groups is 3. The van der Waals surface area contributed by atoms with Crippen molar-refractivity contribution in [3.63, 3.8) is 0 Å². The van der Waals surface area contributed by atoms with E-state index in [9.17, 15) is 18.8 Å². The van der Waals surface area contributed by atoms with Crippen molar-refractivity contribution >= 4 is 18.3 Å². The van der Waals surface area contributed by atoms with E-state index in [2.05, 4.69) is 9.72 Å². The van der Waals surface area contributed by atoms with Crippen molar-refractivity contribution in [1.82, 2.24) is 14.5 Å². The van der Waals surface area contributed by atoms with Gasteiger partial charge in [0.1, 0.15) is 12.1 Å². The van der Waals surface area contributed by atoms with Crippen LogP contribution in [0.3, 0.4) is 0 Å². The highest BCUT2D eigenvalue weighted by Gasteiger charge is 2.29. The summed E-state index contributed by atoms with van der Waals surface area (Å²) < 4.78 is 19.2. The van der Waals surface area contributed by atoms with Crippen LogP contribution in [0, 0.1) is 5.82 Å². The molecule has 22 heavy (non-hydrogen) atoms. The van der Waals surface area contributed by atoms with Crippen LogP contribution in [0.2, 0.25) is 0 Å². The summed E-state index contributed by atoms with van der Waals surface area (Å²) in [5.41, 5.74) is 0.884. The van der Waals surface area contributed by atoms with E-state index in [1.807, 2.05) is 0 Å². The Labute approximate surface area is 123 Å². The number of halogens is 1. The molecule has 2 aromatic rings. The molecule has 3 rings (SSSR count). The summed E-state index contributed by atoms with van der Waals surface area (Å²) in [6, 6.07) is 3.78. The Hall–Kier alpha value is -3.03. The van der Waals surface area contributed by atoms with Crippen molar-refractivity contribution in [2.75, 3.05) is 7.05 Å². The minimum Gasteiger partial charge on any atom is -0.391 e. The van der Waals surface area contributed by atoms with Gasteiger partial charge < -0.3 is 9.64 Å². The van der Waals surface area contributed by atoms with E-state index in [4.69, 9.17) is 0 Å². The average Bonchev–Trinajstić information content (AvgIpc) is 2.86. The Morgan fingerprint density at radius 3 is 2.95 bits per heavy atom. The lowest BCUT2D eigenvalue weighted by molar-refractivity contribution is -0.123. The zero-order valence-corrected chi connectivity index (χ0v) is 11.4. The number of carbonyl (C=O) groups excluding carboxylic acids is 3. The second-order valence-electron chi connectivity index (χ2n) is 4.73. The maximum atomic E-state index is 13.4. The quantitative estimate of drug-likeness (QED) is 0.468. The molecule has 0 fully saturated rings. The topological polar surface area (TPSA) is 81.5 Å². The van der Waals surface area contributed by atoms with Crippen LogP contribution in [0.15, 0.2) is 24.5 Å². The Bertz CT molecular complexity index is 799. The number of nitrogens with zero attached hydrogens (tertiary/aromatic N) is 3. The maximum absolute atomic E-state index is 13.4. The molecule has 2 heterocycles. The SMILES string of the molecule is CN1Cc2c(C(=O)OC=O)ncn2-c2ccc(F)cc2C1=O. The Morgan fingerprint density at radius 2 is 2.23 bits per heavy atom. The summed E-state index contributed by atoms with van der Waals surface area (Å²) in [5.74, 6) is -1.83. The summed E-state index contributed by atoms with van der Waals surface area (Å²) in [4.78, 5) is 39.6. The van der Waals surface area contributed by atoms with Crippen LogP contribution in [0.1, 0.15) is 26.5 Å². The maximum Gasteiger partial charge on any atom is 0.366 e. The zero-order chi connectivity index (χ0) is 15.9. The molecule has 0 saturated heterocycles. The fraction of sp³-hybridized carbons (Fsp3) is 0.143. The molecular weight excluding hydrogens is 293 g/mol. The van der Waals surface area contributed by atoms with E-state index in [1.54, 1.807) is 0 Å². The monoisotopic (exact) mass is 303 g/mol. The van der Waals surface area contributed by atoms with Gasteiger partial charge in [-0.05, 0) is 18.2 Å². The van der Waals surface area contributed by atoms with Gasteiger partial charge in [0.15, 0.2) is 5.69 Å². The van der Waals surface area contributed by atoms with Crippen molar-refractivity contribution in [1.29, 1.82) is 0 Å². The first-order valence-electron chi connectivity index (χ1n) is 6.29.